The van der Waals surface area contributed by atoms with Gasteiger partial charge < -0.3 is 5.32 Å². The van der Waals surface area contributed by atoms with E-state index >= 15 is 0 Å². The molecular weight excluding hydrogens is 262 g/mol. The van der Waals surface area contributed by atoms with Crippen molar-refractivity contribution >= 4 is 5.52 Å². The number of hydrogen-bond donors (Lipinski definition) is 1. The Morgan fingerprint density at radius 1 is 1.19 bits per heavy atom. The van der Waals surface area contributed by atoms with Crippen molar-refractivity contribution in [2.24, 2.45) is 0 Å². The highest BCUT2D eigenvalue weighted by Crippen LogP contribution is 2.25. The fourth-order valence-electron chi connectivity index (χ4n) is 2.69. The van der Waals surface area contributed by atoms with Gasteiger partial charge in [-0.25, -0.2) is 4.52 Å². The van der Waals surface area contributed by atoms with Crippen molar-refractivity contribution in [3.8, 4) is 0 Å². The fraction of sp³-hybridized carbons (Fsp3) is 0.375. The van der Waals surface area contributed by atoms with Crippen LogP contribution in [0.3, 0.4) is 0 Å². The second-order valence-electron chi connectivity index (χ2n) is 5.09. The second-order valence-corrected chi connectivity index (χ2v) is 5.09. The van der Waals surface area contributed by atoms with Crippen LogP contribution in [0.1, 0.15) is 37.6 Å². The van der Waals surface area contributed by atoms with Crippen molar-refractivity contribution < 1.29 is 0 Å². The highest BCUT2D eigenvalue weighted by molar-refractivity contribution is 5.56. The number of nitrogens with one attached hydrogen (secondary N) is 1. The van der Waals surface area contributed by atoms with Crippen LogP contribution in [0.2, 0.25) is 0 Å². The van der Waals surface area contributed by atoms with Gasteiger partial charge in [0.15, 0.2) is 0 Å². The van der Waals surface area contributed by atoms with Crippen LogP contribution in [0.4, 0.5) is 0 Å². The highest BCUT2D eigenvalue weighted by Gasteiger charge is 2.20. The number of rotatable bonds is 6. The maximum atomic E-state index is 4.46. The Kier molecular flexibility index (Phi) is 4.01. The average molecular weight is 283 g/mol. The van der Waals surface area contributed by atoms with Crippen molar-refractivity contribution in [1.29, 1.82) is 0 Å². The number of fused-ring (bicyclic) bond motifs is 1. The third kappa shape index (κ3) is 2.56. The van der Waals surface area contributed by atoms with Crippen molar-refractivity contribution in [2.75, 3.05) is 6.54 Å². The minimum Gasteiger partial charge on any atom is -0.305 e. The van der Waals surface area contributed by atoms with E-state index in [4.69, 9.17) is 0 Å². The summed E-state index contributed by atoms with van der Waals surface area (Å²) in [6.07, 6.45) is 6.89. The van der Waals surface area contributed by atoms with E-state index < -0.39 is 0 Å². The molecule has 3 rings (SSSR count). The summed E-state index contributed by atoms with van der Waals surface area (Å²) in [6.45, 7) is 6.12. The lowest BCUT2D eigenvalue weighted by Gasteiger charge is -2.19. The third-order valence-corrected chi connectivity index (χ3v) is 3.71. The van der Waals surface area contributed by atoms with E-state index in [1.807, 2.05) is 33.9 Å². The molecule has 1 atom stereocenters. The van der Waals surface area contributed by atoms with Crippen molar-refractivity contribution in [3.05, 3.63) is 54.1 Å². The van der Waals surface area contributed by atoms with Crippen LogP contribution in [-0.2, 0) is 6.54 Å². The topological polar surface area (TPSA) is 47.1 Å². The Labute approximate surface area is 124 Å². The van der Waals surface area contributed by atoms with E-state index in [0.29, 0.717) is 0 Å². The molecule has 0 aliphatic rings. The molecular formula is C16H21N5. The lowest BCUT2D eigenvalue weighted by Crippen LogP contribution is -2.25. The Morgan fingerprint density at radius 3 is 2.90 bits per heavy atom. The molecule has 5 nitrogen and oxygen atoms in total. The van der Waals surface area contributed by atoms with Gasteiger partial charge >= 0.3 is 0 Å². The number of pyridine rings is 1. The standard InChI is InChI=1S/C16H21N5/c1-3-9-17-16(15-8-10-18-20(15)4-2)13-12-19-21-11-6-5-7-14(13)21/h5-8,10-12,16-17H,3-4,9H2,1-2H3. The van der Waals surface area contributed by atoms with Crippen LogP contribution < -0.4 is 5.32 Å². The molecule has 5 heteroatoms. The molecule has 21 heavy (non-hydrogen) atoms. The Bertz CT molecular complexity index is 712. The molecule has 3 aromatic rings. The smallest absolute Gasteiger partial charge is 0.0785 e. The van der Waals surface area contributed by atoms with Crippen molar-refractivity contribution in [1.82, 2.24) is 24.7 Å². The third-order valence-electron chi connectivity index (χ3n) is 3.71. The molecule has 110 valence electrons. The van der Waals surface area contributed by atoms with Crippen LogP contribution >= 0.6 is 0 Å². The Morgan fingerprint density at radius 2 is 2.10 bits per heavy atom. The summed E-state index contributed by atoms with van der Waals surface area (Å²) in [5.41, 5.74) is 3.51. The normalized spacial score (nSPS) is 12.9. The predicted octanol–water partition coefficient (Wildman–Crippen LogP) is 2.64. The number of aromatic nitrogens is 4. The summed E-state index contributed by atoms with van der Waals surface area (Å²) in [5, 5.41) is 12.5. The van der Waals surface area contributed by atoms with E-state index in [-0.39, 0.29) is 6.04 Å². The Balaban J connectivity index is 2.07. The highest BCUT2D eigenvalue weighted by atomic mass is 15.3. The average Bonchev–Trinajstić information content (AvgIpc) is 3.15. The van der Waals surface area contributed by atoms with E-state index in [2.05, 4.69) is 47.6 Å². The van der Waals surface area contributed by atoms with Crippen molar-refractivity contribution in [2.45, 2.75) is 32.9 Å². The first kappa shape index (κ1) is 13.8. The van der Waals surface area contributed by atoms with Crippen LogP contribution in [0.5, 0.6) is 0 Å². The molecule has 0 fully saturated rings. The molecule has 0 aliphatic heterocycles. The number of hydrogen-bond acceptors (Lipinski definition) is 3. The van der Waals surface area contributed by atoms with Gasteiger partial charge in [0.05, 0.1) is 23.4 Å². The van der Waals surface area contributed by atoms with Gasteiger partial charge in [0.25, 0.3) is 0 Å². The van der Waals surface area contributed by atoms with Crippen molar-refractivity contribution in [3.63, 3.8) is 0 Å². The Hall–Kier alpha value is -2.14. The molecule has 0 radical (unpaired) electrons. The molecule has 1 unspecified atom stereocenters. The van der Waals surface area contributed by atoms with Gasteiger partial charge in [-0.1, -0.05) is 13.0 Å². The first-order valence-electron chi connectivity index (χ1n) is 7.52. The summed E-state index contributed by atoms with van der Waals surface area (Å²) < 4.78 is 3.96. The second kappa shape index (κ2) is 6.10. The van der Waals surface area contributed by atoms with E-state index in [1.54, 1.807) is 0 Å². The van der Waals surface area contributed by atoms with Crippen LogP contribution in [-0.4, -0.2) is 25.9 Å². The molecule has 0 aliphatic carbocycles. The number of nitrogens with zero attached hydrogens (tertiary/aromatic N) is 4. The van der Waals surface area contributed by atoms with Crippen LogP contribution in [0.25, 0.3) is 5.52 Å². The molecule has 0 aromatic carbocycles. The molecule has 3 aromatic heterocycles. The fourth-order valence-corrected chi connectivity index (χ4v) is 2.69. The molecule has 0 bridgehead atoms. The molecule has 0 saturated heterocycles. The lowest BCUT2D eigenvalue weighted by atomic mass is 10.0. The van der Waals surface area contributed by atoms with Crippen LogP contribution in [0, 0.1) is 0 Å². The van der Waals surface area contributed by atoms with E-state index in [0.717, 1.165) is 25.0 Å². The quantitative estimate of drug-likeness (QED) is 0.756. The summed E-state index contributed by atoms with van der Waals surface area (Å²) in [4.78, 5) is 0. The minimum atomic E-state index is 0.118. The maximum absolute atomic E-state index is 4.46. The summed E-state index contributed by atoms with van der Waals surface area (Å²) in [6, 6.07) is 8.36. The monoisotopic (exact) mass is 283 g/mol. The van der Waals surface area contributed by atoms with Gasteiger partial charge in [0, 0.05) is 24.5 Å². The predicted molar refractivity (Wildman–Crippen MR) is 83.2 cm³/mol. The van der Waals surface area contributed by atoms with Gasteiger partial charge in [-0.15, -0.1) is 0 Å². The zero-order valence-corrected chi connectivity index (χ0v) is 12.5. The first-order valence-corrected chi connectivity index (χ1v) is 7.52. The van der Waals surface area contributed by atoms with E-state index in [9.17, 15) is 0 Å². The van der Waals surface area contributed by atoms with Gasteiger partial charge in [-0.05, 0) is 38.1 Å². The molecule has 0 amide bonds. The molecule has 0 spiro atoms. The molecule has 1 N–H and O–H groups in total. The SMILES string of the molecule is CCCNC(c1cnn2ccccc12)c1ccnn1CC. The summed E-state index contributed by atoms with van der Waals surface area (Å²) >= 11 is 0. The van der Waals surface area contributed by atoms with Crippen LogP contribution in [0.15, 0.2) is 42.9 Å². The first-order chi connectivity index (χ1) is 10.3. The van der Waals surface area contributed by atoms with Gasteiger partial charge in [0.2, 0.25) is 0 Å². The van der Waals surface area contributed by atoms with Gasteiger partial charge in [-0.2, -0.15) is 10.2 Å². The minimum absolute atomic E-state index is 0.118. The zero-order chi connectivity index (χ0) is 14.7. The van der Waals surface area contributed by atoms with Gasteiger partial charge in [0.1, 0.15) is 0 Å². The summed E-state index contributed by atoms with van der Waals surface area (Å²) in [5.74, 6) is 0. The zero-order valence-electron chi connectivity index (χ0n) is 12.5. The van der Waals surface area contributed by atoms with Gasteiger partial charge in [-0.3, -0.25) is 4.68 Å². The molecule has 3 heterocycles. The number of aryl methyl sites for hydroxylation is 1. The summed E-state index contributed by atoms with van der Waals surface area (Å²) in [7, 11) is 0. The lowest BCUT2D eigenvalue weighted by molar-refractivity contribution is 0.531. The van der Waals surface area contributed by atoms with E-state index in [1.165, 1.54) is 11.3 Å². The molecule has 0 saturated carbocycles. The largest absolute Gasteiger partial charge is 0.305 e. The maximum Gasteiger partial charge on any atom is 0.0785 e.